The first-order chi connectivity index (χ1) is 12.5. The number of thioether (sulfide) groups is 1. The highest BCUT2D eigenvalue weighted by atomic mass is 35.5. The van der Waals surface area contributed by atoms with E-state index in [4.69, 9.17) is 33.9 Å². The predicted molar refractivity (Wildman–Crippen MR) is 109 cm³/mol. The number of hydrogen-bond acceptors (Lipinski definition) is 4. The van der Waals surface area contributed by atoms with Crippen molar-refractivity contribution in [3.05, 3.63) is 81.0 Å². The number of amidine groups is 1. The second kappa shape index (κ2) is 8.16. The van der Waals surface area contributed by atoms with Gasteiger partial charge >= 0.3 is 0 Å². The average molecular weight is 406 g/mol. The lowest BCUT2D eigenvalue weighted by molar-refractivity contribution is -0.114. The summed E-state index contributed by atoms with van der Waals surface area (Å²) in [5.74, 6) is 0.153. The van der Waals surface area contributed by atoms with Crippen LogP contribution in [-0.2, 0) is 10.5 Å². The van der Waals surface area contributed by atoms with E-state index in [0.29, 0.717) is 32.2 Å². The Morgan fingerprint density at radius 1 is 1.23 bits per heavy atom. The number of benzene rings is 2. The Hall–Kier alpha value is -1.95. The molecule has 0 aromatic heterocycles. The van der Waals surface area contributed by atoms with Gasteiger partial charge in [0.25, 0.3) is 0 Å². The highest BCUT2D eigenvalue weighted by Crippen LogP contribution is 2.33. The molecule has 0 unspecified atom stereocenters. The molecule has 0 fully saturated rings. The number of carbonyl (C=O) groups is 1. The zero-order chi connectivity index (χ0) is 18.7. The number of hydrogen-bond donors (Lipinski definition) is 2. The Labute approximate surface area is 166 Å². The fourth-order valence-corrected chi connectivity index (χ4v) is 4.20. The number of primary amides is 1. The normalized spacial score (nSPS) is 16.9. The molecule has 2 aromatic rings. The number of aliphatic imine (C=N–C) groups is 1. The van der Waals surface area contributed by atoms with Gasteiger partial charge in [-0.15, -0.1) is 0 Å². The lowest BCUT2D eigenvalue weighted by Crippen LogP contribution is -2.32. The first kappa shape index (κ1) is 18.8. The molecular weight excluding hydrogens is 389 g/mol. The van der Waals surface area contributed by atoms with E-state index < -0.39 is 11.9 Å². The molecule has 134 valence electrons. The van der Waals surface area contributed by atoms with Crippen LogP contribution in [0.15, 0.2) is 64.8 Å². The summed E-state index contributed by atoms with van der Waals surface area (Å²) in [4.78, 5) is 16.6. The summed E-state index contributed by atoms with van der Waals surface area (Å²) in [6.45, 7) is 1.83. The van der Waals surface area contributed by atoms with E-state index in [1.807, 2.05) is 49.4 Å². The SMILES string of the molecule is CC1=C(C(N)=O)[C@@H](c2ccccc2)N=C(SCc2ccc(Cl)cc2Cl)N1. The standard InChI is InChI=1S/C19H17Cl2N3OS/c1-11-16(18(22)25)17(12-5-3-2-4-6-12)24-19(23-11)26-10-13-7-8-14(20)9-15(13)21/h2-9,17H,10H2,1H3,(H2,22,25)(H,23,24)/t17-/m1/s1. The topological polar surface area (TPSA) is 67.5 Å². The van der Waals surface area contributed by atoms with Crippen molar-refractivity contribution in [3.63, 3.8) is 0 Å². The fraction of sp³-hybridized carbons (Fsp3) is 0.158. The monoisotopic (exact) mass is 405 g/mol. The minimum Gasteiger partial charge on any atom is -0.366 e. The van der Waals surface area contributed by atoms with Gasteiger partial charge in [-0.25, -0.2) is 4.99 Å². The smallest absolute Gasteiger partial charge is 0.248 e. The van der Waals surface area contributed by atoms with Gasteiger partial charge in [0.05, 0.1) is 5.57 Å². The van der Waals surface area contributed by atoms with Crippen LogP contribution in [0.2, 0.25) is 10.0 Å². The van der Waals surface area contributed by atoms with E-state index in [1.54, 1.807) is 6.07 Å². The largest absolute Gasteiger partial charge is 0.366 e. The quantitative estimate of drug-likeness (QED) is 0.775. The zero-order valence-corrected chi connectivity index (χ0v) is 16.3. The molecule has 7 heteroatoms. The van der Waals surface area contributed by atoms with E-state index in [2.05, 4.69) is 5.32 Å². The molecule has 1 amide bonds. The molecule has 2 aromatic carbocycles. The molecule has 1 aliphatic rings. The van der Waals surface area contributed by atoms with Crippen LogP contribution in [0.3, 0.4) is 0 Å². The van der Waals surface area contributed by atoms with Gasteiger partial charge in [0.2, 0.25) is 5.91 Å². The van der Waals surface area contributed by atoms with Gasteiger partial charge in [0.15, 0.2) is 5.17 Å². The van der Waals surface area contributed by atoms with Crippen molar-refractivity contribution in [1.82, 2.24) is 5.32 Å². The summed E-state index contributed by atoms with van der Waals surface area (Å²) in [7, 11) is 0. The number of rotatable bonds is 4. The van der Waals surface area contributed by atoms with Crippen molar-refractivity contribution in [1.29, 1.82) is 0 Å². The third-order valence-electron chi connectivity index (χ3n) is 3.98. The summed E-state index contributed by atoms with van der Waals surface area (Å²) in [5.41, 5.74) is 8.66. The maximum atomic E-state index is 11.9. The number of nitrogens with one attached hydrogen (secondary N) is 1. The number of amides is 1. The molecule has 3 rings (SSSR count). The minimum atomic E-state index is -0.475. The van der Waals surface area contributed by atoms with Crippen molar-refractivity contribution in [2.24, 2.45) is 10.7 Å². The van der Waals surface area contributed by atoms with Gasteiger partial charge < -0.3 is 11.1 Å². The molecular formula is C19H17Cl2N3OS. The van der Waals surface area contributed by atoms with Crippen LogP contribution in [0.25, 0.3) is 0 Å². The van der Waals surface area contributed by atoms with Gasteiger partial charge in [-0.2, -0.15) is 0 Å². The van der Waals surface area contributed by atoms with Gasteiger partial charge in [-0.05, 0) is 30.2 Å². The Kier molecular flexibility index (Phi) is 5.91. The first-order valence-corrected chi connectivity index (χ1v) is 9.67. The summed E-state index contributed by atoms with van der Waals surface area (Å²) in [6.07, 6.45) is 0. The fourth-order valence-electron chi connectivity index (χ4n) is 2.70. The lowest BCUT2D eigenvalue weighted by Gasteiger charge is -2.25. The molecule has 1 atom stereocenters. The van der Waals surface area contributed by atoms with E-state index in [-0.39, 0.29) is 0 Å². The molecule has 0 saturated carbocycles. The third kappa shape index (κ3) is 4.23. The van der Waals surface area contributed by atoms with Gasteiger partial charge in [0.1, 0.15) is 6.04 Å². The summed E-state index contributed by atoms with van der Waals surface area (Å²) >= 11 is 13.7. The molecule has 0 bridgehead atoms. The predicted octanol–water partition coefficient (Wildman–Crippen LogP) is 4.69. The van der Waals surface area contributed by atoms with Gasteiger partial charge in [-0.1, -0.05) is 71.4 Å². The molecule has 0 aliphatic carbocycles. The summed E-state index contributed by atoms with van der Waals surface area (Å²) < 4.78 is 0. The second-order valence-electron chi connectivity index (χ2n) is 5.80. The van der Waals surface area contributed by atoms with Crippen LogP contribution in [0, 0.1) is 0 Å². The average Bonchev–Trinajstić information content (AvgIpc) is 2.61. The molecule has 0 saturated heterocycles. The molecule has 26 heavy (non-hydrogen) atoms. The number of nitrogens with two attached hydrogens (primary N) is 1. The van der Waals surface area contributed by atoms with Crippen LogP contribution in [0.1, 0.15) is 24.1 Å². The van der Waals surface area contributed by atoms with Crippen LogP contribution < -0.4 is 11.1 Å². The third-order valence-corrected chi connectivity index (χ3v) is 5.50. The van der Waals surface area contributed by atoms with Crippen molar-refractivity contribution in [2.75, 3.05) is 0 Å². The van der Waals surface area contributed by atoms with Crippen LogP contribution >= 0.6 is 35.0 Å². The molecule has 4 nitrogen and oxygen atoms in total. The number of halogens is 2. The van der Waals surface area contributed by atoms with Gasteiger partial charge in [0, 0.05) is 21.5 Å². The summed E-state index contributed by atoms with van der Waals surface area (Å²) in [6, 6.07) is 14.6. The number of allylic oxidation sites excluding steroid dienone is 1. The van der Waals surface area contributed by atoms with Crippen molar-refractivity contribution in [2.45, 2.75) is 18.7 Å². The number of nitrogens with zero attached hydrogens (tertiary/aromatic N) is 1. The molecule has 3 N–H and O–H groups in total. The lowest BCUT2D eigenvalue weighted by atomic mass is 9.96. The molecule has 0 spiro atoms. The minimum absolute atomic E-state index is 0.418. The van der Waals surface area contributed by atoms with Crippen molar-refractivity contribution >= 4 is 46.0 Å². The van der Waals surface area contributed by atoms with Crippen molar-refractivity contribution in [3.8, 4) is 0 Å². The Bertz CT molecular complexity index is 897. The highest BCUT2D eigenvalue weighted by Gasteiger charge is 2.27. The van der Waals surface area contributed by atoms with Gasteiger partial charge in [-0.3, -0.25) is 4.79 Å². The van der Waals surface area contributed by atoms with Crippen molar-refractivity contribution < 1.29 is 4.79 Å². The first-order valence-electron chi connectivity index (χ1n) is 7.92. The van der Waals surface area contributed by atoms with E-state index in [9.17, 15) is 4.79 Å². The molecule has 1 heterocycles. The Balaban J connectivity index is 1.85. The van der Waals surface area contributed by atoms with Crippen LogP contribution in [-0.4, -0.2) is 11.1 Å². The molecule has 0 radical (unpaired) electrons. The number of carbonyl (C=O) groups excluding carboxylic acids is 1. The van der Waals surface area contributed by atoms with E-state index in [0.717, 1.165) is 11.1 Å². The zero-order valence-electron chi connectivity index (χ0n) is 14.0. The van der Waals surface area contributed by atoms with E-state index in [1.165, 1.54) is 11.8 Å². The maximum Gasteiger partial charge on any atom is 0.248 e. The summed E-state index contributed by atoms with van der Waals surface area (Å²) in [5, 5.41) is 5.11. The Morgan fingerprint density at radius 2 is 1.96 bits per heavy atom. The van der Waals surface area contributed by atoms with E-state index >= 15 is 0 Å². The van der Waals surface area contributed by atoms with Crippen LogP contribution in [0.4, 0.5) is 0 Å². The highest BCUT2D eigenvalue weighted by molar-refractivity contribution is 8.13. The van der Waals surface area contributed by atoms with Crippen LogP contribution in [0.5, 0.6) is 0 Å². The Morgan fingerprint density at radius 3 is 2.62 bits per heavy atom. The molecule has 1 aliphatic heterocycles. The second-order valence-corrected chi connectivity index (χ2v) is 7.61. The maximum absolute atomic E-state index is 11.9.